The molecule has 148 valence electrons. The molecule has 6 nitrogen and oxygen atoms in total. The molecule has 0 radical (unpaired) electrons. The summed E-state index contributed by atoms with van der Waals surface area (Å²) in [5.74, 6) is 0.966. The highest BCUT2D eigenvalue weighted by Crippen LogP contribution is 2.28. The molecule has 0 aliphatic carbocycles. The monoisotopic (exact) mass is 381 g/mol. The van der Waals surface area contributed by atoms with Gasteiger partial charge in [0.25, 0.3) is 0 Å². The highest BCUT2D eigenvalue weighted by molar-refractivity contribution is 5.76. The number of pyridine rings is 1. The number of rotatable bonds is 5. The molecule has 2 saturated heterocycles. The zero-order chi connectivity index (χ0) is 19.2. The van der Waals surface area contributed by atoms with Crippen molar-refractivity contribution in [3.05, 3.63) is 59.9 Å². The molecule has 0 bridgehead atoms. The van der Waals surface area contributed by atoms with Crippen LogP contribution < -0.4 is 10.1 Å². The first-order chi connectivity index (χ1) is 13.7. The summed E-state index contributed by atoms with van der Waals surface area (Å²) in [6.45, 7) is 4.46. The summed E-state index contributed by atoms with van der Waals surface area (Å²) in [7, 11) is 0. The molecular weight excluding hydrogens is 354 g/mol. The van der Waals surface area contributed by atoms with Crippen molar-refractivity contribution in [3.63, 3.8) is 0 Å². The van der Waals surface area contributed by atoms with Crippen molar-refractivity contribution in [2.45, 2.75) is 38.0 Å². The lowest BCUT2D eigenvalue weighted by atomic mass is 9.90. The van der Waals surface area contributed by atoms with Gasteiger partial charge in [-0.1, -0.05) is 18.2 Å². The number of nitrogens with zero attached hydrogens (tertiary/aromatic N) is 2. The van der Waals surface area contributed by atoms with Crippen molar-refractivity contribution < 1.29 is 14.3 Å². The Balaban J connectivity index is 1.30. The summed E-state index contributed by atoms with van der Waals surface area (Å²) in [6.07, 6.45) is 4.14. The fourth-order valence-electron chi connectivity index (χ4n) is 3.83. The first-order valence-electron chi connectivity index (χ1n) is 9.96. The minimum absolute atomic E-state index is 0.0989. The largest absolute Gasteiger partial charge is 0.487 e. The van der Waals surface area contributed by atoms with Gasteiger partial charge in [-0.3, -0.25) is 14.7 Å². The van der Waals surface area contributed by atoms with E-state index in [9.17, 15) is 4.79 Å². The number of amides is 1. The van der Waals surface area contributed by atoms with Gasteiger partial charge in [0.15, 0.2) is 0 Å². The number of hydrogen-bond donors (Lipinski definition) is 1. The fourth-order valence-corrected chi connectivity index (χ4v) is 3.83. The summed E-state index contributed by atoms with van der Waals surface area (Å²) in [5.41, 5.74) is 1.98. The number of nitrogens with one attached hydrogen (secondary N) is 1. The van der Waals surface area contributed by atoms with Crippen LogP contribution in [0.25, 0.3) is 0 Å². The molecule has 2 aliphatic rings. The number of benzene rings is 1. The van der Waals surface area contributed by atoms with Gasteiger partial charge in [0.05, 0.1) is 17.9 Å². The third-order valence-electron chi connectivity index (χ3n) is 5.53. The quantitative estimate of drug-likeness (QED) is 0.862. The van der Waals surface area contributed by atoms with Crippen LogP contribution in [0, 0.1) is 0 Å². The van der Waals surface area contributed by atoms with E-state index in [0.717, 1.165) is 43.9 Å². The van der Waals surface area contributed by atoms with Crippen molar-refractivity contribution in [2.24, 2.45) is 0 Å². The molecule has 0 atom stereocenters. The predicted octanol–water partition coefficient (Wildman–Crippen LogP) is 2.53. The number of piperidine rings is 1. The van der Waals surface area contributed by atoms with Gasteiger partial charge < -0.3 is 14.8 Å². The zero-order valence-corrected chi connectivity index (χ0v) is 16.1. The molecule has 0 unspecified atom stereocenters. The van der Waals surface area contributed by atoms with Crippen molar-refractivity contribution in [1.29, 1.82) is 0 Å². The maximum absolute atomic E-state index is 11.6. The summed E-state index contributed by atoms with van der Waals surface area (Å²) in [4.78, 5) is 18.3. The van der Waals surface area contributed by atoms with E-state index in [1.54, 1.807) is 6.20 Å². The molecule has 2 aromatic rings. The van der Waals surface area contributed by atoms with E-state index in [1.807, 2.05) is 30.3 Å². The summed E-state index contributed by atoms with van der Waals surface area (Å²) in [5, 5.41) is 3.00. The van der Waals surface area contributed by atoms with E-state index < -0.39 is 0 Å². The Morgan fingerprint density at radius 3 is 2.89 bits per heavy atom. The lowest BCUT2D eigenvalue weighted by molar-refractivity contribution is -0.120. The topological polar surface area (TPSA) is 63.7 Å². The lowest BCUT2D eigenvalue weighted by Crippen LogP contribution is -2.50. The van der Waals surface area contributed by atoms with Gasteiger partial charge in [-0.05, 0) is 42.7 Å². The molecular formula is C22H27N3O3. The molecule has 3 heterocycles. The second-order valence-corrected chi connectivity index (χ2v) is 7.59. The van der Waals surface area contributed by atoms with Gasteiger partial charge in [-0.15, -0.1) is 0 Å². The number of carbonyl (C=O) groups is 1. The van der Waals surface area contributed by atoms with Crippen molar-refractivity contribution in [3.8, 4) is 5.75 Å². The SMILES string of the molecule is O=C1CCOC2(CCN(Cc3cccc(OCc4ccccn4)c3)CC2)CN1. The van der Waals surface area contributed by atoms with Crippen molar-refractivity contribution in [1.82, 2.24) is 15.2 Å². The van der Waals surface area contributed by atoms with Gasteiger partial charge in [-0.2, -0.15) is 0 Å². The highest BCUT2D eigenvalue weighted by Gasteiger charge is 2.37. The van der Waals surface area contributed by atoms with E-state index in [0.29, 0.717) is 26.2 Å². The number of aromatic nitrogens is 1. The first-order valence-corrected chi connectivity index (χ1v) is 9.96. The van der Waals surface area contributed by atoms with Crippen molar-refractivity contribution >= 4 is 5.91 Å². The molecule has 1 aromatic heterocycles. The third kappa shape index (κ3) is 4.88. The molecule has 28 heavy (non-hydrogen) atoms. The van der Waals surface area contributed by atoms with Crippen LogP contribution >= 0.6 is 0 Å². The van der Waals surface area contributed by atoms with Crippen molar-refractivity contribution in [2.75, 3.05) is 26.2 Å². The third-order valence-corrected chi connectivity index (χ3v) is 5.53. The number of carbonyl (C=O) groups excluding carboxylic acids is 1. The van der Waals surface area contributed by atoms with E-state index in [2.05, 4.69) is 27.3 Å². The second kappa shape index (κ2) is 8.71. The van der Waals surface area contributed by atoms with Gasteiger partial charge in [0, 0.05) is 38.8 Å². The normalized spacial score (nSPS) is 19.8. The predicted molar refractivity (Wildman–Crippen MR) is 106 cm³/mol. The molecule has 1 aromatic carbocycles. The molecule has 2 aliphatic heterocycles. The van der Waals surface area contributed by atoms with E-state index in [4.69, 9.17) is 9.47 Å². The Kier molecular flexibility index (Phi) is 5.88. The summed E-state index contributed by atoms with van der Waals surface area (Å²) >= 11 is 0. The zero-order valence-electron chi connectivity index (χ0n) is 16.1. The summed E-state index contributed by atoms with van der Waals surface area (Å²) < 4.78 is 12.0. The number of hydrogen-bond acceptors (Lipinski definition) is 5. The minimum atomic E-state index is -0.184. The molecule has 1 N–H and O–H groups in total. The smallest absolute Gasteiger partial charge is 0.222 e. The molecule has 1 spiro atoms. The standard InChI is InChI=1S/C22H27N3O3/c26-21-7-13-28-22(17-24-21)8-11-25(12-9-22)15-18-4-3-6-20(14-18)27-16-19-5-1-2-10-23-19/h1-6,10,14H,7-9,11-13,15-17H2,(H,24,26). The number of ether oxygens (including phenoxy) is 2. The van der Waals surface area contributed by atoms with Crippen LogP contribution in [0.4, 0.5) is 0 Å². The molecule has 0 saturated carbocycles. The van der Waals surface area contributed by atoms with Gasteiger partial charge in [0.1, 0.15) is 12.4 Å². The average Bonchev–Trinajstić information content (AvgIpc) is 2.91. The summed E-state index contributed by atoms with van der Waals surface area (Å²) in [6, 6.07) is 14.1. The van der Waals surface area contributed by atoms with Crippen LogP contribution in [0.2, 0.25) is 0 Å². The Morgan fingerprint density at radius 1 is 1.18 bits per heavy atom. The van der Waals surface area contributed by atoms with Crippen LogP contribution in [0.15, 0.2) is 48.7 Å². The van der Waals surface area contributed by atoms with Crippen LogP contribution in [0.5, 0.6) is 5.75 Å². The van der Waals surface area contributed by atoms with Crippen LogP contribution in [-0.2, 0) is 22.7 Å². The maximum Gasteiger partial charge on any atom is 0.222 e. The maximum atomic E-state index is 11.6. The molecule has 1 amide bonds. The van der Waals surface area contributed by atoms with Gasteiger partial charge in [0.2, 0.25) is 5.91 Å². The van der Waals surface area contributed by atoms with E-state index in [1.165, 1.54) is 5.56 Å². The Labute approximate surface area is 165 Å². The molecule has 4 rings (SSSR count). The molecule has 2 fully saturated rings. The molecule has 6 heteroatoms. The van der Waals surface area contributed by atoms with Crippen LogP contribution in [0.1, 0.15) is 30.5 Å². The average molecular weight is 381 g/mol. The Morgan fingerprint density at radius 2 is 2.07 bits per heavy atom. The highest BCUT2D eigenvalue weighted by atomic mass is 16.5. The fraction of sp³-hybridized carbons (Fsp3) is 0.455. The van der Waals surface area contributed by atoms with Crippen LogP contribution in [0.3, 0.4) is 0 Å². The van der Waals surface area contributed by atoms with E-state index >= 15 is 0 Å². The van der Waals surface area contributed by atoms with Crippen LogP contribution in [-0.4, -0.2) is 47.6 Å². The van der Waals surface area contributed by atoms with Gasteiger partial charge >= 0.3 is 0 Å². The second-order valence-electron chi connectivity index (χ2n) is 7.59. The minimum Gasteiger partial charge on any atom is -0.487 e. The lowest BCUT2D eigenvalue weighted by Gasteiger charge is -2.40. The van der Waals surface area contributed by atoms with E-state index in [-0.39, 0.29) is 11.5 Å². The Bertz CT molecular complexity index is 789. The first kappa shape index (κ1) is 18.9. The Hall–Kier alpha value is -2.44. The van der Waals surface area contributed by atoms with Gasteiger partial charge in [-0.25, -0.2) is 0 Å². The number of likely N-dealkylation sites (tertiary alicyclic amines) is 1.